The number of H-pyrrole nitrogens is 2. The van der Waals surface area contributed by atoms with Crippen LogP contribution >= 0.6 is 0 Å². The molecule has 0 radical (unpaired) electrons. The molecule has 0 unspecified atom stereocenters. The van der Waals surface area contributed by atoms with Crippen LogP contribution in [0.1, 0.15) is 24.2 Å². The minimum absolute atomic E-state index is 0.168. The number of rotatable bonds is 3. The number of carbonyl (C=O) groups excluding carboxylic acids is 1. The molecule has 0 bridgehead atoms. The van der Waals surface area contributed by atoms with Gasteiger partial charge in [-0.3, -0.25) is 19.6 Å². The van der Waals surface area contributed by atoms with Crippen molar-refractivity contribution in [2.24, 2.45) is 0 Å². The smallest absolute Gasteiger partial charge is 0.327 e. The van der Waals surface area contributed by atoms with Gasteiger partial charge in [0.15, 0.2) is 5.78 Å². The maximum absolute atomic E-state index is 12.9. The van der Waals surface area contributed by atoms with Crippen molar-refractivity contribution in [3.05, 3.63) is 62.4 Å². The van der Waals surface area contributed by atoms with E-state index in [2.05, 4.69) is 15.3 Å². The molecular weight excluding hydrogens is 326 g/mol. The Kier molecular flexibility index (Phi) is 3.96. The number of hydrogen-bond acceptors (Lipinski definition) is 6. The minimum Gasteiger partial charge on any atom is -0.497 e. The number of ether oxygens (including phenoxy) is 2. The highest BCUT2D eigenvalue weighted by Gasteiger charge is 2.38. The van der Waals surface area contributed by atoms with Gasteiger partial charge in [0.05, 0.1) is 18.2 Å². The van der Waals surface area contributed by atoms with Gasteiger partial charge >= 0.3 is 5.69 Å². The molecule has 1 aliphatic heterocycles. The number of hydrogen-bond donors (Lipinski definition) is 3. The van der Waals surface area contributed by atoms with Gasteiger partial charge in [-0.1, -0.05) is 0 Å². The third-order valence-corrected chi connectivity index (χ3v) is 3.82. The first kappa shape index (κ1) is 16.6. The number of ketones is 1. The molecule has 2 heterocycles. The highest BCUT2D eigenvalue weighted by atomic mass is 16.5. The Morgan fingerprint density at radius 1 is 1.16 bits per heavy atom. The molecule has 1 aromatic heterocycles. The molecule has 2 aromatic rings. The van der Waals surface area contributed by atoms with Gasteiger partial charge in [-0.05, 0) is 32.0 Å². The van der Waals surface area contributed by atoms with Gasteiger partial charge in [-0.25, -0.2) is 4.79 Å². The van der Waals surface area contributed by atoms with Crippen LogP contribution in [0.4, 0.5) is 5.82 Å². The second-order valence-electron chi connectivity index (χ2n) is 6.01. The van der Waals surface area contributed by atoms with Crippen molar-refractivity contribution in [1.29, 1.82) is 0 Å². The molecule has 8 nitrogen and oxygen atoms in total. The van der Waals surface area contributed by atoms with Crippen LogP contribution < -0.4 is 26.0 Å². The fourth-order valence-electron chi connectivity index (χ4n) is 2.59. The molecule has 0 saturated carbocycles. The average Bonchev–Trinajstić information content (AvgIpc) is 2.53. The SMILES string of the molecule is COc1ccc2c(c1)C(=O)/C(=C\Nc1cc(=O)[nH]c(=O)[nH]1)C(C)(C)O2. The number of Topliss-reactive ketones (excluding diaryl/α,β-unsaturated/α-hetero) is 1. The molecule has 25 heavy (non-hydrogen) atoms. The first-order valence-corrected chi connectivity index (χ1v) is 7.53. The number of methoxy groups -OCH3 is 1. The summed E-state index contributed by atoms with van der Waals surface area (Å²) in [6.07, 6.45) is 1.43. The number of nitrogens with one attached hydrogen (secondary N) is 3. The fourth-order valence-corrected chi connectivity index (χ4v) is 2.59. The lowest BCUT2D eigenvalue weighted by atomic mass is 9.87. The second kappa shape index (κ2) is 5.97. The third-order valence-electron chi connectivity index (χ3n) is 3.82. The molecule has 0 atom stereocenters. The summed E-state index contributed by atoms with van der Waals surface area (Å²) in [5, 5.41) is 2.77. The van der Waals surface area contributed by atoms with E-state index < -0.39 is 16.9 Å². The van der Waals surface area contributed by atoms with E-state index in [9.17, 15) is 14.4 Å². The monoisotopic (exact) mass is 343 g/mol. The maximum Gasteiger partial charge on any atom is 0.327 e. The molecule has 8 heteroatoms. The van der Waals surface area contributed by atoms with E-state index in [-0.39, 0.29) is 11.6 Å². The van der Waals surface area contributed by atoms with Crippen LogP contribution in [0.25, 0.3) is 0 Å². The Morgan fingerprint density at radius 2 is 1.92 bits per heavy atom. The molecule has 3 N–H and O–H groups in total. The summed E-state index contributed by atoms with van der Waals surface area (Å²) in [4.78, 5) is 40.0. The third kappa shape index (κ3) is 3.18. The van der Waals surface area contributed by atoms with Crippen molar-refractivity contribution in [1.82, 2.24) is 9.97 Å². The Hall–Kier alpha value is -3.29. The van der Waals surface area contributed by atoms with Gasteiger partial charge in [-0.2, -0.15) is 0 Å². The molecular formula is C17H17N3O5. The zero-order valence-corrected chi connectivity index (χ0v) is 13.9. The predicted molar refractivity (Wildman–Crippen MR) is 91.4 cm³/mol. The van der Waals surface area contributed by atoms with E-state index in [0.29, 0.717) is 22.6 Å². The van der Waals surface area contributed by atoms with Gasteiger partial charge in [0.2, 0.25) is 0 Å². The maximum atomic E-state index is 12.9. The normalized spacial score (nSPS) is 16.9. The minimum atomic E-state index is -0.896. The number of benzene rings is 1. The zero-order valence-electron chi connectivity index (χ0n) is 13.9. The summed E-state index contributed by atoms with van der Waals surface area (Å²) in [6.45, 7) is 3.51. The number of aromatic amines is 2. The Morgan fingerprint density at radius 3 is 2.60 bits per heavy atom. The molecule has 0 aliphatic carbocycles. The van der Waals surface area contributed by atoms with Crippen LogP contribution in [0, 0.1) is 0 Å². The summed E-state index contributed by atoms with van der Waals surface area (Å²) in [6, 6.07) is 6.19. The van der Waals surface area contributed by atoms with Crippen LogP contribution in [0.5, 0.6) is 11.5 Å². The van der Waals surface area contributed by atoms with Gasteiger partial charge in [0.25, 0.3) is 5.56 Å². The lowest BCUT2D eigenvalue weighted by molar-refractivity contribution is 0.0855. The van der Waals surface area contributed by atoms with Crippen LogP contribution in [0.2, 0.25) is 0 Å². The Balaban J connectivity index is 2.00. The van der Waals surface area contributed by atoms with Crippen molar-refractivity contribution >= 4 is 11.6 Å². The molecule has 1 aromatic carbocycles. The van der Waals surface area contributed by atoms with E-state index >= 15 is 0 Å². The summed E-state index contributed by atoms with van der Waals surface area (Å²) in [5.74, 6) is 0.949. The molecule has 0 spiro atoms. The van der Waals surface area contributed by atoms with Crippen LogP contribution in [-0.4, -0.2) is 28.5 Å². The molecule has 130 valence electrons. The summed E-state index contributed by atoms with van der Waals surface area (Å²) >= 11 is 0. The van der Waals surface area contributed by atoms with Crippen molar-refractivity contribution in [2.75, 3.05) is 12.4 Å². The predicted octanol–water partition coefficient (Wildman–Crippen LogP) is 1.42. The Bertz CT molecular complexity index is 956. The Labute approximate surface area is 142 Å². The number of carbonyl (C=O) groups is 1. The molecule has 0 saturated heterocycles. The van der Waals surface area contributed by atoms with E-state index in [1.807, 2.05) is 0 Å². The zero-order chi connectivity index (χ0) is 18.2. The molecule has 3 rings (SSSR count). The standard InChI is InChI=1S/C17H17N3O5/c1-17(2)11(8-18-13-7-14(21)20-16(23)19-13)15(22)10-6-9(24-3)4-5-12(10)25-17/h4-8H,1-3H3,(H3,18,19,20,21,23)/b11-8+. The molecule has 0 fully saturated rings. The van der Waals surface area contributed by atoms with Gasteiger partial charge < -0.3 is 14.8 Å². The van der Waals surface area contributed by atoms with Gasteiger partial charge in [-0.15, -0.1) is 0 Å². The number of aromatic nitrogens is 2. The summed E-state index contributed by atoms with van der Waals surface area (Å²) in [5.41, 5.74) is -1.37. The topological polar surface area (TPSA) is 113 Å². The first-order valence-electron chi connectivity index (χ1n) is 7.53. The van der Waals surface area contributed by atoms with Crippen LogP contribution in [0.15, 0.2) is 45.6 Å². The van der Waals surface area contributed by atoms with E-state index in [4.69, 9.17) is 9.47 Å². The number of fused-ring (bicyclic) bond motifs is 1. The van der Waals surface area contributed by atoms with Crippen molar-refractivity contribution in [3.8, 4) is 11.5 Å². The lowest BCUT2D eigenvalue weighted by Crippen LogP contribution is -2.39. The lowest BCUT2D eigenvalue weighted by Gasteiger charge is -2.34. The van der Waals surface area contributed by atoms with Crippen molar-refractivity contribution in [2.45, 2.75) is 19.4 Å². The number of anilines is 1. The molecule has 1 aliphatic rings. The highest BCUT2D eigenvalue weighted by molar-refractivity contribution is 6.13. The average molecular weight is 343 g/mol. The first-order chi connectivity index (χ1) is 11.8. The van der Waals surface area contributed by atoms with Gasteiger partial charge in [0, 0.05) is 12.3 Å². The van der Waals surface area contributed by atoms with Gasteiger partial charge in [0.1, 0.15) is 22.9 Å². The van der Waals surface area contributed by atoms with E-state index in [1.54, 1.807) is 32.0 Å². The summed E-state index contributed by atoms with van der Waals surface area (Å²) < 4.78 is 11.1. The second-order valence-corrected chi connectivity index (χ2v) is 6.01. The van der Waals surface area contributed by atoms with Crippen LogP contribution in [0.3, 0.4) is 0 Å². The highest BCUT2D eigenvalue weighted by Crippen LogP contribution is 2.38. The van der Waals surface area contributed by atoms with E-state index in [1.165, 1.54) is 19.4 Å². The van der Waals surface area contributed by atoms with Crippen LogP contribution in [-0.2, 0) is 0 Å². The fraction of sp³-hybridized carbons (Fsp3) is 0.235. The molecule has 0 amide bonds. The summed E-state index contributed by atoms with van der Waals surface area (Å²) in [7, 11) is 1.52. The quantitative estimate of drug-likeness (QED) is 0.727. The largest absolute Gasteiger partial charge is 0.497 e. The van der Waals surface area contributed by atoms with E-state index in [0.717, 1.165) is 0 Å². The van der Waals surface area contributed by atoms with Crippen molar-refractivity contribution in [3.63, 3.8) is 0 Å². The van der Waals surface area contributed by atoms with Crippen molar-refractivity contribution < 1.29 is 14.3 Å².